The number of nitrogens with zero attached hydrogens (tertiary/aromatic N) is 3. The van der Waals surface area contributed by atoms with E-state index in [9.17, 15) is 0 Å². The molecule has 0 unspecified atom stereocenters. The molecule has 0 saturated carbocycles. The van der Waals surface area contributed by atoms with Gasteiger partial charge >= 0.3 is 0 Å². The van der Waals surface area contributed by atoms with Crippen LogP contribution in [0.4, 0.5) is 0 Å². The maximum atomic E-state index is 5.63. The van der Waals surface area contributed by atoms with Gasteiger partial charge in [-0.3, -0.25) is 4.98 Å². The molecule has 0 spiro atoms. The van der Waals surface area contributed by atoms with Gasteiger partial charge in [-0.05, 0) is 49.8 Å². The van der Waals surface area contributed by atoms with Gasteiger partial charge < -0.3 is 19.5 Å². The Morgan fingerprint density at radius 1 is 1.29 bits per heavy atom. The van der Waals surface area contributed by atoms with Gasteiger partial charge in [0.1, 0.15) is 0 Å². The van der Waals surface area contributed by atoms with Crippen molar-refractivity contribution in [2.45, 2.75) is 25.4 Å². The summed E-state index contributed by atoms with van der Waals surface area (Å²) in [5.41, 5.74) is 3.49. The highest BCUT2D eigenvalue weighted by atomic mass is 32.1. The molecule has 2 aromatic rings. The molecule has 1 aliphatic rings. The fraction of sp³-hybridized carbons (Fsp3) is 0.444. The van der Waals surface area contributed by atoms with E-state index in [0.717, 1.165) is 30.4 Å². The predicted octanol–water partition coefficient (Wildman–Crippen LogP) is 2.74. The summed E-state index contributed by atoms with van der Waals surface area (Å²) in [4.78, 5) is 6.82. The quantitative estimate of drug-likeness (QED) is 0.645. The Morgan fingerprint density at radius 2 is 2.12 bits per heavy atom. The van der Waals surface area contributed by atoms with Crippen LogP contribution in [0.25, 0.3) is 0 Å². The van der Waals surface area contributed by atoms with Crippen LogP contribution in [0.2, 0.25) is 0 Å². The van der Waals surface area contributed by atoms with Crippen molar-refractivity contribution < 1.29 is 4.74 Å². The van der Waals surface area contributed by atoms with Gasteiger partial charge in [-0.1, -0.05) is 6.07 Å². The zero-order chi connectivity index (χ0) is 17.1. The molecule has 3 heterocycles. The average molecular weight is 344 g/mol. The van der Waals surface area contributed by atoms with Crippen LogP contribution >= 0.6 is 12.2 Å². The summed E-state index contributed by atoms with van der Waals surface area (Å²) in [6, 6.07) is 10.5. The van der Waals surface area contributed by atoms with Crippen LogP contribution in [0, 0.1) is 6.92 Å². The maximum absolute atomic E-state index is 5.63. The first kappa shape index (κ1) is 16.9. The summed E-state index contributed by atoms with van der Waals surface area (Å²) in [5, 5.41) is 4.26. The zero-order valence-corrected chi connectivity index (χ0v) is 15.2. The third kappa shape index (κ3) is 3.16. The summed E-state index contributed by atoms with van der Waals surface area (Å²) in [7, 11) is 3.84. The summed E-state index contributed by atoms with van der Waals surface area (Å²) in [6.07, 6.45) is 2.77. The highest BCUT2D eigenvalue weighted by Gasteiger charge is 2.40. The number of aromatic nitrogens is 2. The van der Waals surface area contributed by atoms with Gasteiger partial charge in [-0.15, -0.1) is 0 Å². The molecule has 3 rings (SSSR count). The molecule has 128 valence electrons. The van der Waals surface area contributed by atoms with Gasteiger partial charge in [0, 0.05) is 44.9 Å². The molecule has 0 amide bonds. The van der Waals surface area contributed by atoms with E-state index in [4.69, 9.17) is 17.0 Å². The number of hydrogen-bond donors (Lipinski definition) is 1. The highest BCUT2D eigenvalue weighted by Crippen LogP contribution is 2.38. The van der Waals surface area contributed by atoms with Crippen LogP contribution in [0.5, 0.6) is 0 Å². The van der Waals surface area contributed by atoms with E-state index >= 15 is 0 Å². The van der Waals surface area contributed by atoms with E-state index in [1.807, 2.05) is 18.3 Å². The molecular weight excluding hydrogens is 320 g/mol. The lowest BCUT2D eigenvalue weighted by Gasteiger charge is -2.28. The summed E-state index contributed by atoms with van der Waals surface area (Å²) in [6.45, 7) is 3.71. The average Bonchev–Trinajstić information content (AvgIpc) is 3.09. The van der Waals surface area contributed by atoms with Crippen LogP contribution in [0.1, 0.15) is 35.6 Å². The second-order valence-corrected chi connectivity index (χ2v) is 6.51. The Bertz CT molecular complexity index is 700. The number of nitrogens with one attached hydrogen (secondary N) is 1. The molecule has 0 aromatic carbocycles. The molecule has 1 aliphatic heterocycles. The lowest BCUT2D eigenvalue weighted by Crippen LogP contribution is -2.32. The molecule has 5 nitrogen and oxygen atoms in total. The first-order valence-corrected chi connectivity index (χ1v) is 8.63. The number of thiocarbonyl (C=S) groups is 1. The van der Waals surface area contributed by atoms with Gasteiger partial charge in [0.05, 0.1) is 17.8 Å². The van der Waals surface area contributed by atoms with Crippen LogP contribution in [-0.4, -0.2) is 39.8 Å². The standard InChI is InChI=1S/C18H24N4OS/c1-13-8-9-15(21(13)2)17-16(14-7-4-5-10-19-14)20-18(24)22(17)11-6-12-23-3/h4-5,7-10,16-17H,6,11-12H2,1-3H3,(H,20,24)/t16-,17-/m1/s1. The fourth-order valence-electron chi connectivity index (χ4n) is 3.28. The summed E-state index contributed by atoms with van der Waals surface area (Å²) in [5.74, 6) is 0. The topological polar surface area (TPSA) is 42.3 Å². The fourth-order valence-corrected chi connectivity index (χ4v) is 3.61. The Balaban J connectivity index is 1.96. The van der Waals surface area contributed by atoms with Crippen molar-refractivity contribution in [3.8, 4) is 0 Å². The molecule has 0 radical (unpaired) electrons. The van der Waals surface area contributed by atoms with Crippen LogP contribution in [0.3, 0.4) is 0 Å². The van der Waals surface area contributed by atoms with Gasteiger partial charge in [-0.2, -0.15) is 0 Å². The van der Waals surface area contributed by atoms with Crippen molar-refractivity contribution in [1.82, 2.24) is 19.8 Å². The molecule has 1 N–H and O–H groups in total. The maximum Gasteiger partial charge on any atom is 0.170 e. The van der Waals surface area contributed by atoms with E-state index in [1.165, 1.54) is 11.4 Å². The number of hydrogen-bond acceptors (Lipinski definition) is 3. The van der Waals surface area contributed by atoms with Crippen LogP contribution in [0.15, 0.2) is 36.5 Å². The number of rotatable bonds is 6. The van der Waals surface area contributed by atoms with Crippen LogP contribution < -0.4 is 5.32 Å². The van der Waals surface area contributed by atoms with E-state index in [-0.39, 0.29) is 12.1 Å². The van der Waals surface area contributed by atoms with E-state index in [2.05, 4.69) is 51.9 Å². The van der Waals surface area contributed by atoms with E-state index in [1.54, 1.807) is 7.11 Å². The van der Waals surface area contributed by atoms with Gasteiger partial charge in [0.15, 0.2) is 5.11 Å². The van der Waals surface area contributed by atoms with Crippen molar-refractivity contribution in [3.05, 3.63) is 53.6 Å². The lowest BCUT2D eigenvalue weighted by molar-refractivity contribution is 0.179. The Morgan fingerprint density at radius 3 is 2.75 bits per heavy atom. The molecule has 6 heteroatoms. The Kier molecular flexibility index (Phi) is 5.16. The van der Waals surface area contributed by atoms with Crippen LogP contribution in [-0.2, 0) is 11.8 Å². The molecule has 2 aromatic heterocycles. The molecule has 1 fully saturated rings. The molecule has 1 saturated heterocycles. The van der Waals surface area contributed by atoms with Crippen molar-refractivity contribution >= 4 is 17.3 Å². The minimum Gasteiger partial charge on any atom is -0.385 e. The lowest BCUT2D eigenvalue weighted by atomic mass is 10.0. The summed E-state index contributed by atoms with van der Waals surface area (Å²) >= 11 is 5.63. The molecule has 0 bridgehead atoms. The number of aryl methyl sites for hydroxylation is 1. The Labute approximate surface area is 148 Å². The van der Waals surface area contributed by atoms with Crippen molar-refractivity contribution in [3.63, 3.8) is 0 Å². The van der Waals surface area contributed by atoms with Crippen molar-refractivity contribution in [1.29, 1.82) is 0 Å². The second kappa shape index (κ2) is 7.32. The van der Waals surface area contributed by atoms with Gasteiger partial charge in [0.2, 0.25) is 0 Å². The Hall–Kier alpha value is -1.92. The third-order valence-corrected chi connectivity index (χ3v) is 5.01. The molecule has 2 atom stereocenters. The predicted molar refractivity (Wildman–Crippen MR) is 98.8 cm³/mol. The SMILES string of the molecule is COCCCN1C(=S)N[C@H](c2ccccn2)[C@H]1c1ccc(C)n1C. The van der Waals surface area contributed by atoms with E-state index in [0.29, 0.717) is 0 Å². The zero-order valence-electron chi connectivity index (χ0n) is 14.4. The normalized spacial score (nSPS) is 20.5. The first-order valence-electron chi connectivity index (χ1n) is 8.22. The first-order chi connectivity index (χ1) is 11.6. The minimum absolute atomic E-state index is 0.0502. The second-order valence-electron chi connectivity index (χ2n) is 6.12. The third-order valence-electron chi connectivity index (χ3n) is 4.66. The minimum atomic E-state index is 0.0502. The van der Waals surface area contributed by atoms with Crippen molar-refractivity contribution in [2.75, 3.05) is 20.3 Å². The number of ether oxygens (including phenoxy) is 1. The van der Waals surface area contributed by atoms with Gasteiger partial charge in [-0.25, -0.2) is 0 Å². The summed E-state index contributed by atoms with van der Waals surface area (Å²) < 4.78 is 7.44. The monoisotopic (exact) mass is 344 g/mol. The van der Waals surface area contributed by atoms with Gasteiger partial charge in [0.25, 0.3) is 0 Å². The molecular formula is C18H24N4OS. The number of pyridine rings is 1. The highest BCUT2D eigenvalue weighted by molar-refractivity contribution is 7.80. The smallest absolute Gasteiger partial charge is 0.170 e. The molecule has 24 heavy (non-hydrogen) atoms. The number of methoxy groups -OCH3 is 1. The molecule has 0 aliphatic carbocycles. The van der Waals surface area contributed by atoms with Crippen molar-refractivity contribution in [2.24, 2.45) is 7.05 Å². The largest absolute Gasteiger partial charge is 0.385 e. The van der Waals surface area contributed by atoms with E-state index < -0.39 is 0 Å².